The quantitative estimate of drug-likeness (QED) is 0.792. The average Bonchev–Trinajstić information content (AvgIpc) is 2.30. The maximum atomic E-state index is 3.73. The molecule has 0 saturated carbocycles. The van der Waals surface area contributed by atoms with Crippen LogP contribution < -0.4 is 5.32 Å². The number of hydrogen-bond donors (Lipinski definition) is 1. The van der Waals surface area contributed by atoms with Crippen LogP contribution >= 0.6 is 15.9 Å². The molecule has 1 rings (SSSR count). The Morgan fingerprint density at radius 3 is 2.59 bits per heavy atom. The van der Waals surface area contributed by atoms with Gasteiger partial charge in [0.15, 0.2) is 0 Å². The zero-order valence-corrected chi connectivity index (χ0v) is 13.0. The Morgan fingerprint density at radius 2 is 2.00 bits per heavy atom. The van der Waals surface area contributed by atoms with Crippen LogP contribution in [0.1, 0.15) is 50.8 Å². The lowest BCUT2D eigenvalue weighted by Crippen LogP contribution is -2.27. The summed E-state index contributed by atoms with van der Waals surface area (Å²) in [7, 11) is 0. The highest BCUT2D eigenvalue weighted by molar-refractivity contribution is 9.10. The van der Waals surface area contributed by atoms with Crippen LogP contribution in [0.4, 0.5) is 0 Å². The SMILES string of the molecule is CCCC(C)C(NCC)c1cccc(C)c1Br. The fraction of sp³-hybridized carbons (Fsp3) is 0.600. The van der Waals surface area contributed by atoms with Crippen molar-refractivity contribution in [1.29, 1.82) is 0 Å². The van der Waals surface area contributed by atoms with Crippen LogP contribution in [0, 0.1) is 12.8 Å². The topological polar surface area (TPSA) is 12.0 Å². The van der Waals surface area contributed by atoms with Gasteiger partial charge in [-0.2, -0.15) is 0 Å². The van der Waals surface area contributed by atoms with Gasteiger partial charge in [-0.05, 0) is 36.9 Å². The number of halogens is 1. The van der Waals surface area contributed by atoms with Crippen LogP contribution in [-0.4, -0.2) is 6.54 Å². The minimum absolute atomic E-state index is 0.453. The first kappa shape index (κ1) is 14.7. The smallest absolute Gasteiger partial charge is 0.0357 e. The Labute approximate surface area is 114 Å². The summed E-state index contributed by atoms with van der Waals surface area (Å²) in [5.41, 5.74) is 2.71. The van der Waals surface area contributed by atoms with E-state index >= 15 is 0 Å². The van der Waals surface area contributed by atoms with Gasteiger partial charge in [-0.25, -0.2) is 0 Å². The fourth-order valence-corrected chi connectivity index (χ4v) is 2.88. The van der Waals surface area contributed by atoms with E-state index in [-0.39, 0.29) is 0 Å². The molecule has 2 heteroatoms. The molecule has 2 atom stereocenters. The second-order valence-corrected chi connectivity index (χ2v) is 5.57. The van der Waals surface area contributed by atoms with Crippen molar-refractivity contribution >= 4 is 15.9 Å². The van der Waals surface area contributed by atoms with Crippen LogP contribution in [-0.2, 0) is 0 Å². The standard InChI is InChI=1S/C15H24BrN/c1-5-8-12(4)15(17-6-2)13-10-7-9-11(3)14(13)16/h7,9-10,12,15,17H,5-6,8H2,1-4H3. The molecule has 2 unspecified atom stereocenters. The number of benzene rings is 1. The van der Waals surface area contributed by atoms with Gasteiger partial charge < -0.3 is 5.32 Å². The summed E-state index contributed by atoms with van der Waals surface area (Å²) in [5, 5.41) is 3.62. The molecule has 1 aromatic carbocycles. The summed E-state index contributed by atoms with van der Waals surface area (Å²) in [6, 6.07) is 6.99. The molecule has 0 aliphatic carbocycles. The van der Waals surface area contributed by atoms with Crippen molar-refractivity contribution in [2.75, 3.05) is 6.54 Å². The first-order valence-electron chi connectivity index (χ1n) is 6.60. The molecule has 1 nitrogen and oxygen atoms in total. The summed E-state index contributed by atoms with van der Waals surface area (Å²) >= 11 is 3.73. The van der Waals surface area contributed by atoms with Gasteiger partial charge in [0.05, 0.1) is 0 Å². The predicted octanol–water partition coefficient (Wildman–Crippen LogP) is 4.84. The molecule has 17 heavy (non-hydrogen) atoms. The van der Waals surface area contributed by atoms with Crippen molar-refractivity contribution in [3.63, 3.8) is 0 Å². The highest BCUT2D eigenvalue weighted by atomic mass is 79.9. The average molecular weight is 298 g/mol. The molecule has 0 aromatic heterocycles. The maximum Gasteiger partial charge on any atom is 0.0357 e. The highest BCUT2D eigenvalue weighted by Crippen LogP contribution is 2.32. The Morgan fingerprint density at radius 1 is 1.29 bits per heavy atom. The summed E-state index contributed by atoms with van der Waals surface area (Å²) in [6.07, 6.45) is 2.50. The second kappa shape index (κ2) is 7.17. The number of hydrogen-bond acceptors (Lipinski definition) is 1. The third-order valence-corrected chi connectivity index (χ3v) is 4.38. The van der Waals surface area contributed by atoms with Crippen molar-refractivity contribution in [1.82, 2.24) is 5.32 Å². The van der Waals surface area contributed by atoms with Gasteiger partial charge in [-0.3, -0.25) is 0 Å². The molecule has 0 radical (unpaired) electrons. The lowest BCUT2D eigenvalue weighted by Gasteiger charge is -2.26. The second-order valence-electron chi connectivity index (χ2n) is 4.78. The van der Waals surface area contributed by atoms with Gasteiger partial charge in [-0.15, -0.1) is 0 Å². The minimum Gasteiger partial charge on any atom is -0.310 e. The third-order valence-electron chi connectivity index (χ3n) is 3.29. The van der Waals surface area contributed by atoms with E-state index in [4.69, 9.17) is 0 Å². The normalized spacial score (nSPS) is 14.6. The molecular weight excluding hydrogens is 274 g/mol. The van der Waals surface area contributed by atoms with Crippen LogP contribution in [0.3, 0.4) is 0 Å². The molecule has 0 spiro atoms. The van der Waals surface area contributed by atoms with Crippen molar-refractivity contribution in [3.05, 3.63) is 33.8 Å². The predicted molar refractivity (Wildman–Crippen MR) is 79.4 cm³/mol. The molecule has 0 fully saturated rings. The van der Waals surface area contributed by atoms with E-state index < -0.39 is 0 Å². The van der Waals surface area contributed by atoms with Crippen molar-refractivity contribution in [3.8, 4) is 0 Å². The molecule has 96 valence electrons. The number of aryl methyl sites for hydroxylation is 1. The van der Waals surface area contributed by atoms with E-state index in [1.807, 2.05) is 0 Å². The molecule has 0 aliphatic rings. The molecular formula is C15H24BrN. The van der Waals surface area contributed by atoms with Crippen LogP contribution in [0.15, 0.2) is 22.7 Å². The van der Waals surface area contributed by atoms with Gasteiger partial charge in [0.1, 0.15) is 0 Å². The van der Waals surface area contributed by atoms with E-state index in [1.165, 1.54) is 28.4 Å². The molecule has 0 saturated heterocycles. The van der Waals surface area contributed by atoms with Gasteiger partial charge in [-0.1, -0.05) is 61.3 Å². The Hall–Kier alpha value is -0.340. The Balaban J connectivity index is 3.00. The van der Waals surface area contributed by atoms with E-state index in [9.17, 15) is 0 Å². The first-order chi connectivity index (χ1) is 8.11. The van der Waals surface area contributed by atoms with Crippen molar-refractivity contribution < 1.29 is 0 Å². The van der Waals surface area contributed by atoms with Gasteiger partial charge in [0.2, 0.25) is 0 Å². The Bertz CT molecular complexity index is 349. The lowest BCUT2D eigenvalue weighted by molar-refractivity contribution is 0.368. The van der Waals surface area contributed by atoms with E-state index in [0.717, 1.165) is 6.54 Å². The molecule has 0 bridgehead atoms. The Kier molecular flexibility index (Phi) is 6.21. The summed E-state index contributed by atoms with van der Waals surface area (Å²) in [4.78, 5) is 0. The van der Waals surface area contributed by atoms with Gasteiger partial charge in [0.25, 0.3) is 0 Å². The molecule has 0 aliphatic heterocycles. The summed E-state index contributed by atoms with van der Waals surface area (Å²) in [6.45, 7) is 9.94. The van der Waals surface area contributed by atoms with Gasteiger partial charge in [0, 0.05) is 10.5 Å². The summed E-state index contributed by atoms with van der Waals surface area (Å²) in [5.74, 6) is 0.665. The zero-order valence-electron chi connectivity index (χ0n) is 11.4. The third kappa shape index (κ3) is 3.82. The van der Waals surface area contributed by atoms with E-state index in [1.54, 1.807) is 0 Å². The molecule has 1 N–H and O–H groups in total. The zero-order chi connectivity index (χ0) is 12.8. The van der Waals surface area contributed by atoms with Crippen LogP contribution in [0.5, 0.6) is 0 Å². The van der Waals surface area contributed by atoms with Crippen molar-refractivity contribution in [2.45, 2.75) is 46.6 Å². The first-order valence-corrected chi connectivity index (χ1v) is 7.39. The fourth-order valence-electron chi connectivity index (χ4n) is 2.37. The number of rotatable bonds is 6. The summed E-state index contributed by atoms with van der Waals surface area (Å²) < 4.78 is 1.26. The monoisotopic (exact) mass is 297 g/mol. The highest BCUT2D eigenvalue weighted by Gasteiger charge is 2.20. The van der Waals surface area contributed by atoms with Crippen molar-refractivity contribution in [2.24, 2.45) is 5.92 Å². The number of nitrogens with one attached hydrogen (secondary N) is 1. The van der Waals surface area contributed by atoms with E-state index in [2.05, 4.69) is 67.1 Å². The molecule has 1 aromatic rings. The molecule has 0 amide bonds. The maximum absolute atomic E-state index is 3.73. The lowest BCUT2D eigenvalue weighted by atomic mass is 9.90. The van der Waals surface area contributed by atoms with Crippen LogP contribution in [0.25, 0.3) is 0 Å². The van der Waals surface area contributed by atoms with Crippen LogP contribution in [0.2, 0.25) is 0 Å². The largest absolute Gasteiger partial charge is 0.310 e. The minimum atomic E-state index is 0.453. The molecule has 0 heterocycles. The van der Waals surface area contributed by atoms with Gasteiger partial charge >= 0.3 is 0 Å². The van der Waals surface area contributed by atoms with E-state index in [0.29, 0.717) is 12.0 Å².